The number of fused-ring (bicyclic) bond motifs is 1. The van der Waals surface area contributed by atoms with Gasteiger partial charge in [0.1, 0.15) is 23.3 Å². The Kier molecular flexibility index (Phi) is 7.19. The van der Waals surface area contributed by atoms with Crippen LogP contribution >= 0.6 is 0 Å². The third kappa shape index (κ3) is 4.91. The smallest absolute Gasteiger partial charge is 0.358 e. The maximum atomic E-state index is 13.0. The lowest BCUT2D eigenvalue weighted by Gasteiger charge is -2.39. The fourth-order valence-corrected chi connectivity index (χ4v) is 4.58. The molecule has 0 spiro atoms. The molecule has 0 radical (unpaired) electrons. The van der Waals surface area contributed by atoms with Gasteiger partial charge in [-0.1, -0.05) is 26.8 Å². The van der Waals surface area contributed by atoms with Crippen LogP contribution in [0.3, 0.4) is 0 Å². The van der Waals surface area contributed by atoms with Crippen molar-refractivity contribution in [3.05, 3.63) is 59.5 Å². The van der Waals surface area contributed by atoms with Gasteiger partial charge in [-0.15, -0.1) is 0 Å². The van der Waals surface area contributed by atoms with Gasteiger partial charge >= 0.3 is 5.97 Å². The number of pyridine rings is 1. The van der Waals surface area contributed by atoms with E-state index in [1.54, 1.807) is 21.1 Å². The number of carbonyl (C=O) groups excluding carboxylic acids is 1. The third-order valence-corrected chi connectivity index (χ3v) is 10.7. The lowest BCUT2D eigenvalue weighted by atomic mass is 10.0. The average molecular weight is 471 g/mol. The molecule has 1 atom stereocenters. The second-order valence-electron chi connectivity index (χ2n) is 9.36. The van der Waals surface area contributed by atoms with E-state index in [2.05, 4.69) is 38.8 Å². The van der Waals surface area contributed by atoms with Crippen LogP contribution in [0, 0.1) is 0 Å². The highest BCUT2D eigenvalue weighted by atomic mass is 28.4. The Hall–Kier alpha value is -2.84. The molecule has 1 aromatic carbocycles. The van der Waals surface area contributed by atoms with Crippen LogP contribution in [0.15, 0.2) is 42.6 Å². The first-order chi connectivity index (χ1) is 15.5. The van der Waals surface area contributed by atoms with Crippen LogP contribution in [0.1, 0.15) is 55.5 Å². The van der Waals surface area contributed by atoms with E-state index in [4.69, 9.17) is 18.6 Å². The highest BCUT2D eigenvalue weighted by molar-refractivity contribution is 6.74. The van der Waals surface area contributed by atoms with E-state index < -0.39 is 20.4 Å². The third-order valence-electron chi connectivity index (χ3n) is 6.22. The molecule has 8 heteroatoms. The maximum Gasteiger partial charge on any atom is 0.358 e. The minimum atomic E-state index is -2.32. The largest absolute Gasteiger partial charge is 0.497 e. The molecule has 3 aromatic rings. The number of carbonyl (C=O) groups is 1. The Morgan fingerprint density at radius 2 is 1.85 bits per heavy atom. The molecule has 0 fully saturated rings. The van der Waals surface area contributed by atoms with Crippen LogP contribution in [-0.2, 0) is 9.16 Å². The number of rotatable bonds is 8. The summed E-state index contributed by atoms with van der Waals surface area (Å²) in [6.07, 6.45) is 1.25. The lowest BCUT2D eigenvalue weighted by Crippen LogP contribution is -2.42. The highest BCUT2D eigenvalue weighted by Gasteiger charge is 2.42. The van der Waals surface area contributed by atoms with E-state index in [0.717, 1.165) is 5.56 Å². The second-order valence-corrected chi connectivity index (χ2v) is 14.1. The van der Waals surface area contributed by atoms with Gasteiger partial charge in [0.05, 0.1) is 26.5 Å². The molecular formula is C25H34N2O5Si. The standard InChI is InChI=1S/C25H34N2O5Si/c1-9-31-24(28)21-22(27-15-11-10-12-20(27)26-21)23(32-33(7,8)25(2,3)4)18-16-17(29-5)13-14-19(18)30-6/h10-16,23H,9H2,1-8H3. The maximum absolute atomic E-state index is 13.0. The molecule has 0 saturated carbocycles. The van der Waals surface area contributed by atoms with Gasteiger partial charge in [-0.3, -0.25) is 0 Å². The van der Waals surface area contributed by atoms with Crippen molar-refractivity contribution in [2.45, 2.75) is 51.9 Å². The van der Waals surface area contributed by atoms with Gasteiger partial charge in [0, 0.05) is 11.8 Å². The normalized spacial score (nSPS) is 13.1. The van der Waals surface area contributed by atoms with Gasteiger partial charge in [0.15, 0.2) is 14.0 Å². The number of aromatic nitrogens is 2. The Labute approximate surface area is 196 Å². The van der Waals surface area contributed by atoms with Crippen molar-refractivity contribution in [3.8, 4) is 11.5 Å². The topological polar surface area (TPSA) is 71.3 Å². The van der Waals surface area contributed by atoms with E-state index in [1.165, 1.54) is 0 Å². The van der Waals surface area contributed by atoms with Crippen LogP contribution < -0.4 is 9.47 Å². The fourth-order valence-electron chi connectivity index (χ4n) is 3.40. The van der Waals surface area contributed by atoms with Crippen molar-refractivity contribution in [2.75, 3.05) is 20.8 Å². The molecule has 178 valence electrons. The summed E-state index contributed by atoms with van der Waals surface area (Å²) in [5, 5.41) is -0.0675. The minimum absolute atomic E-state index is 0.0675. The Balaban J connectivity index is 2.35. The molecule has 0 aliphatic rings. The molecule has 0 bridgehead atoms. The molecule has 0 saturated heterocycles. The van der Waals surface area contributed by atoms with Gasteiger partial charge < -0.3 is 23.0 Å². The van der Waals surface area contributed by atoms with Gasteiger partial charge in [0.25, 0.3) is 0 Å². The predicted octanol–water partition coefficient (Wildman–Crippen LogP) is 5.64. The van der Waals surface area contributed by atoms with Crippen molar-refractivity contribution in [1.29, 1.82) is 0 Å². The van der Waals surface area contributed by atoms with Crippen LogP contribution in [0.25, 0.3) is 5.65 Å². The number of hydrogen-bond acceptors (Lipinski definition) is 6. The number of benzene rings is 1. The van der Waals surface area contributed by atoms with Crippen LogP contribution in [0.2, 0.25) is 18.1 Å². The summed E-state index contributed by atoms with van der Waals surface area (Å²) < 4.78 is 25.5. The minimum Gasteiger partial charge on any atom is -0.497 e. The first-order valence-corrected chi connectivity index (χ1v) is 14.0. The molecule has 2 aromatic heterocycles. The molecule has 0 aliphatic heterocycles. The van der Waals surface area contributed by atoms with Crippen molar-refractivity contribution in [2.24, 2.45) is 0 Å². The fraction of sp³-hybridized carbons (Fsp3) is 0.440. The molecule has 0 amide bonds. The van der Waals surface area contributed by atoms with Crippen LogP contribution in [0.4, 0.5) is 0 Å². The monoisotopic (exact) mass is 470 g/mol. The molecule has 33 heavy (non-hydrogen) atoms. The Bertz CT molecular complexity index is 1130. The van der Waals surface area contributed by atoms with Crippen molar-refractivity contribution < 1.29 is 23.4 Å². The lowest BCUT2D eigenvalue weighted by molar-refractivity contribution is 0.0514. The molecule has 7 nitrogen and oxygen atoms in total. The summed E-state index contributed by atoms with van der Waals surface area (Å²) >= 11 is 0. The van der Waals surface area contributed by atoms with E-state index in [1.807, 2.05) is 47.0 Å². The van der Waals surface area contributed by atoms with Crippen molar-refractivity contribution >= 4 is 19.9 Å². The second kappa shape index (κ2) is 9.57. The molecule has 1 unspecified atom stereocenters. The van der Waals surface area contributed by atoms with E-state index >= 15 is 0 Å². The summed E-state index contributed by atoms with van der Waals surface area (Å²) in [7, 11) is 0.916. The molecule has 0 aliphatic carbocycles. The SMILES string of the molecule is CCOC(=O)c1nc2ccccn2c1C(O[Si](C)(C)C(C)(C)C)c1cc(OC)ccc1OC. The number of esters is 1. The summed E-state index contributed by atoms with van der Waals surface area (Å²) in [6.45, 7) is 12.9. The Morgan fingerprint density at radius 3 is 2.45 bits per heavy atom. The van der Waals surface area contributed by atoms with Crippen molar-refractivity contribution in [1.82, 2.24) is 9.38 Å². The quantitative estimate of drug-likeness (QED) is 0.313. The van der Waals surface area contributed by atoms with Crippen LogP contribution in [0.5, 0.6) is 11.5 Å². The van der Waals surface area contributed by atoms with Gasteiger partial charge in [-0.05, 0) is 55.4 Å². The van der Waals surface area contributed by atoms with E-state index in [0.29, 0.717) is 22.8 Å². The zero-order valence-corrected chi connectivity index (χ0v) is 21.8. The van der Waals surface area contributed by atoms with Gasteiger partial charge in [-0.25, -0.2) is 9.78 Å². The molecule has 3 rings (SSSR count). The first kappa shape index (κ1) is 24.8. The highest BCUT2D eigenvalue weighted by Crippen LogP contribution is 2.44. The van der Waals surface area contributed by atoms with E-state index in [-0.39, 0.29) is 17.3 Å². The molecular weight excluding hydrogens is 436 g/mol. The summed E-state index contributed by atoms with van der Waals surface area (Å²) in [5.74, 6) is 0.822. The van der Waals surface area contributed by atoms with Crippen LogP contribution in [-0.4, -0.2) is 44.5 Å². The van der Waals surface area contributed by atoms with Gasteiger partial charge in [0.2, 0.25) is 0 Å². The number of imidazole rings is 1. The summed E-state index contributed by atoms with van der Waals surface area (Å²) in [5.41, 5.74) is 2.25. The van der Waals surface area contributed by atoms with Crippen molar-refractivity contribution in [3.63, 3.8) is 0 Å². The average Bonchev–Trinajstić information content (AvgIpc) is 3.16. The Morgan fingerprint density at radius 1 is 1.12 bits per heavy atom. The number of ether oxygens (including phenoxy) is 3. The van der Waals surface area contributed by atoms with E-state index in [9.17, 15) is 4.79 Å². The molecule has 0 N–H and O–H groups in total. The number of methoxy groups -OCH3 is 2. The first-order valence-electron chi connectivity index (χ1n) is 11.1. The molecule has 2 heterocycles. The number of nitrogens with zero attached hydrogens (tertiary/aromatic N) is 2. The zero-order chi connectivity index (χ0) is 24.4. The summed E-state index contributed by atoms with van der Waals surface area (Å²) in [4.78, 5) is 17.6. The predicted molar refractivity (Wildman–Crippen MR) is 131 cm³/mol. The summed E-state index contributed by atoms with van der Waals surface area (Å²) in [6, 6.07) is 11.2. The zero-order valence-electron chi connectivity index (χ0n) is 20.8. The number of hydrogen-bond donors (Lipinski definition) is 0. The van der Waals surface area contributed by atoms with Gasteiger partial charge in [-0.2, -0.15) is 0 Å².